The Morgan fingerprint density at radius 3 is 2.57 bits per heavy atom. The summed E-state index contributed by atoms with van der Waals surface area (Å²) < 4.78 is 0. The SMILES string of the molecule is NCCC(NC(=O)O)c1ccccc1. The van der Waals surface area contributed by atoms with Crippen molar-refractivity contribution in [3.8, 4) is 0 Å². The van der Waals surface area contributed by atoms with Gasteiger partial charge >= 0.3 is 6.09 Å². The molecule has 0 aliphatic rings. The lowest BCUT2D eigenvalue weighted by molar-refractivity contribution is 0.189. The standard InChI is InChI=1S/C10H14N2O2/c11-7-6-9(12-10(13)14)8-4-2-1-3-5-8/h1-5,9,12H,6-7,11H2,(H,13,14). The molecule has 14 heavy (non-hydrogen) atoms. The summed E-state index contributed by atoms with van der Waals surface area (Å²) in [5, 5.41) is 11.1. The van der Waals surface area contributed by atoms with Crippen molar-refractivity contribution in [2.75, 3.05) is 6.54 Å². The molecule has 1 atom stereocenters. The van der Waals surface area contributed by atoms with Crippen LogP contribution in [-0.2, 0) is 0 Å². The monoisotopic (exact) mass is 194 g/mol. The molecule has 4 nitrogen and oxygen atoms in total. The summed E-state index contributed by atoms with van der Waals surface area (Å²) in [4.78, 5) is 10.5. The molecule has 0 aromatic heterocycles. The van der Waals surface area contributed by atoms with Crippen molar-refractivity contribution in [2.45, 2.75) is 12.5 Å². The van der Waals surface area contributed by atoms with Gasteiger partial charge in [-0.2, -0.15) is 0 Å². The third-order valence-electron chi connectivity index (χ3n) is 1.95. The van der Waals surface area contributed by atoms with Crippen LogP contribution in [0.1, 0.15) is 18.0 Å². The van der Waals surface area contributed by atoms with Gasteiger partial charge in [-0.3, -0.25) is 0 Å². The molecule has 1 aromatic rings. The van der Waals surface area contributed by atoms with E-state index in [9.17, 15) is 4.79 Å². The Labute approximate surface area is 82.7 Å². The molecule has 0 heterocycles. The summed E-state index contributed by atoms with van der Waals surface area (Å²) in [6.07, 6.45) is -0.414. The van der Waals surface area contributed by atoms with Crippen LogP contribution in [0.3, 0.4) is 0 Å². The van der Waals surface area contributed by atoms with Gasteiger partial charge in [-0.25, -0.2) is 4.79 Å². The zero-order valence-electron chi connectivity index (χ0n) is 7.81. The van der Waals surface area contributed by atoms with Crippen LogP contribution < -0.4 is 11.1 Å². The summed E-state index contributed by atoms with van der Waals surface area (Å²) in [6.45, 7) is 0.458. The predicted molar refractivity (Wildman–Crippen MR) is 54.0 cm³/mol. The Kier molecular flexibility index (Phi) is 3.94. The first-order valence-corrected chi connectivity index (χ1v) is 4.48. The number of rotatable bonds is 4. The van der Waals surface area contributed by atoms with E-state index < -0.39 is 6.09 Å². The average Bonchev–Trinajstić information content (AvgIpc) is 2.18. The second kappa shape index (κ2) is 5.24. The first kappa shape index (κ1) is 10.5. The Bertz CT molecular complexity index is 287. The number of carboxylic acid groups (broad SMARTS) is 1. The average molecular weight is 194 g/mol. The van der Waals surface area contributed by atoms with Crippen molar-refractivity contribution >= 4 is 6.09 Å². The normalized spacial score (nSPS) is 12.1. The topological polar surface area (TPSA) is 75.3 Å². The van der Waals surface area contributed by atoms with Crippen LogP contribution in [0.4, 0.5) is 4.79 Å². The van der Waals surface area contributed by atoms with E-state index in [1.807, 2.05) is 30.3 Å². The minimum atomic E-state index is -1.02. The molecule has 1 unspecified atom stereocenters. The number of nitrogens with two attached hydrogens (primary N) is 1. The van der Waals surface area contributed by atoms with Gasteiger partial charge < -0.3 is 16.2 Å². The summed E-state index contributed by atoms with van der Waals surface area (Å²) in [7, 11) is 0. The van der Waals surface area contributed by atoms with Gasteiger partial charge in [0.15, 0.2) is 0 Å². The van der Waals surface area contributed by atoms with E-state index in [1.54, 1.807) is 0 Å². The van der Waals surface area contributed by atoms with Crippen LogP contribution in [0.2, 0.25) is 0 Å². The van der Waals surface area contributed by atoms with Crippen molar-refractivity contribution in [1.82, 2.24) is 5.32 Å². The molecular weight excluding hydrogens is 180 g/mol. The van der Waals surface area contributed by atoms with Gasteiger partial charge in [-0.05, 0) is 18.5 Å². The highest BCUT2D eigenvalue weighted by molar-refractivity contribution is 5.65. The maximum atomic E-state index is 10.5. The summed E-state index contributed by atoms with van der Waals surface area (Å²) in [6, 6.07) is 9.21. The summed E-state index contributed by atoms with van der Waals surface area (Å²) in [5.41, 5.74) is 6.35. The van der Waals surface area contributed by atoms with Crippen LogP contribution in [0.5, 0.6) is 0 Å². The van der Waals surface area contributed by atoms with E-state index in [1.165, 1.54) is 0 Å². The number of hydrogen-bond acceptors (Lipinski definition) is 2. The minimum Gasteiger partial charge on any atom is -0.465 e. The van der Waals surface area contributed by atoms with Crippen molar-refractivity contribution in [1.29, 1.82) is 0 Å². The second-order valence-electron chi connectivity index (χ2n) is 2.99. The minimum absolute atomic E-state index is 0.210. The Morgan fingerprint density at radius 1 is 1.43 bits per heavy atom. The molecule has 0 spiro atoms. The Morgan fingerprint density at radius 2 is 2.07 bits per heavy atom. The van der Waals surface area contributed by atoms with Crippen LogP contribution in [0.25, 0.3) is 0 Å². The van der Waals surface area contributed by atoms with Gasteiger partial charge in [0.2, 0.25) is 0 Å². The third kappa shape index (κ3) is 3.06. The van der Waals surface area contributed by atoms with Crippen LogP contribution in [0, 0.1) is 0 Å². The van der Waals surface area contributed by atoms with E-state index in [4.69, 9.17) is 10.8 Å². The van der Waals surface area contributed by atoms with Crippen LogP contribution >= 0.6 is 0 Å². The molecule has 0 fully saturated rings. The lowest BCUT2D eigenvalue weighted by Gasteiger charge is -2.15. The molecule has 0 radical (unpaired) electrons. The molecule has 0 aliphatic carbocycles. The highest BCUT2D eigenvalue weighted by Gasteiger charge is 2.11. The van der Waals surface area contributed by atoms with Crippen molar-refractivity contribution in [3.05, 3.63) is 35.9 Å². The molecule has 0 bridgehead atoms. The maximum Gasteiger partial charge on any atom is 0.405 e. The molecule has 1 rings (SSSR count). The van der Waals surface area contributed by atoms with E-state index in [0.717, 1.165) is 5.56 Å². The van der Waals surface area contributed by atoms with Gasteiger partial charge in [-0.15, -0.1) is 0 Å². The fraction of sp³-hybridized carbons (Fsp3) is 0.300. The van der Waals surface area contributed by atoms with E-state index in [2.05, 4.69) is 5.32 Å². The van der Waals surface area contributed by atoms with Gasteiger partial charge in [0.05, 0.1) is 6.04 Å². The van der Waals surface area contributed by atoms with Crippen LogP contribution in [0.15, 0.2) is 30.3 Å². The van der Waals surface area contributed by atoms with Crippen molar-refractivity contribution in [2.24, 2.45) is 5.73 Å². The highest BCUT2D eigenvalue weighted by atomic mass is 16.4. The van der Waals surface area contributed by atoms with Gasteiger partial charge in [-0.1, -0.05) is 30.3 Å². The van der Waals surface area contributed by atoms with Crippen molar-refractivity contribution in [3.63, 3.8) is 0 Å². The molecule has 0 aliphatic heterocycles. The fourth-order valence-corrected chi connectivity index (χ4v) is 1.32. The molecule has 4 heteroatoms. The lowest BCUT2D eigenvalue weighted by atomic mass is 10.0. The Balaban J connectivity index is 2.72. The zero-order chi connectivity index (χ0) is 10.4. The number of nitrogens with one attached hydrogen (secondary N) is 1. The lowest BCUT2D eigenvalue weighted by Crippen LogP contribution is -2.28. The number of carbonyl (C=O) groups is 1. The fourth-order valence-electron chi connectivity index (χ4n) is 1.32. The van der Waals surface area contributed by atoms with E-state index in [-0.39, 0.29) is 6.04 Å². The van der Waals surface area contributed by atoms with Crippen molar-refractivity contribution < 1.29 is 9.90 Å². The molecular formula is C10H14N2O2. The second-order valence-corrected chi connectivity index (χ2v) is 2.99. The molecule has 1 aromatic carbocycles. The van der Waals surface area contributed by atoms with E-state index >= 15 is 0 Å². The Hall–Kier alpha value is -1.55. The van der Waals surface area contributed by atoms with Crippen LogP contribution in [-0.4, -0.2) is 17.7 Å². The summed E-state index contributed by atoms with van der Waals surface area (Å²) in [5.74, 6) is 0. The zero-order valence-corrected chi connectivity index (χ0v) is 7.81. The third-order valence-corrected chi connectivity index (χ3v) is 1.95. The first-order valence-electron chi connectivity index (χ1n) is 4.48. The quantitative estimate of drug-likeness (QED) is 0.677. The van der Waals surface area contributed by atoms with Gasteiger partial charge in [0, 0.05) is 0 Å². The molecule has 0 saturated heterocycles. The largest absolute Gasteiger partial charge is 0.465 e. The van der Waals surface area contributed by atoms with Gasteiger partial charge in [0.1, 0.15) is 0 Å². The maximum absolute atomic E-state index is 10.5. The molecule has 4 N–H and O–H groups in total. The molecule has 76 valence electrons. The smallest absolute Gasteiger partial charge is 0.405 e. The highest BCUT2D eigenvalue weighted by Crippen LogP contribution is 2.15. The number of amides is 1. The van der Waals surface area contributed by atoms with Gasteiger partial charge in [0.25, 0.3) is 0 Å². The molecule has 1 amide bonds. The number of benzene rings is 1. The first-order chi connectivity index (χ1) is 6.74. The molecule has 0 saturated carbocycles. The number of hydrogen-bond donors (Lipinski definition) is 3. The predicted octanol–water partition coefficient (Wildman–Crippen LogP) is 1.34. The van der Waals surface area contributed by atoms with E-state index in [0.29, 0.717) is 13.0 Å². The summed E-state index contributed by atoms with van der Waals surface area (Å²) >= 11 is 0.